The van der Waals surface area contributed by atoms with Gasteiger partial charge < -0.3 is 11.1 Å². The average molecular weight is 212 g/mol. The Balaban J connectivity index is 0. The fourth-order valence-corrected chi connectivity index (χ4v) is 1.37. The van der Waals surface area contributed by atoms with Gasteiger partial charge in [-0.05, 0) is 25.7 Å². The number of hydrogen-bond acceptors (Lipinski definition) is 3. The van der Waals surface area contributed by atoms with Gasteiger partial charge in [0, 0.05) is 6.04 Å². The molecule has 3 N–H and O–H groups in total. The van der Waals surface area contributed by atoms with E-state index in [-0.39, 0.29) is 25.6 Å². The lowest BCUT2D eigenvalue weighted by atomic mass is 9.93. The van der Waals surface area contributed by atoms with E-state index in [9.17, 15) is 4.79 Å². The summed E-state index contributed by atoms with van der Waals surface area (Å²) in [5.74, 6) is 0.0933. The molecule has 0 fully saturated rings. The lowest BCUT2D eigenvalue weighted by Gasteiger charge is -2.19. The maximum Gasteiger partial charge on any atom is 0.141 e. The number of hydrogen-bond donors (Lipinski definition) is 2. The molecule has 0 amide bonds. The highest BCUT2D eigenvalue weighted by molar-refractivity contribution is 6.21. The summed E-state index contributed by atoms with van der Waals surface area (Å²) in [5, 5.41) is 3.22. The third-order valence-corrected chi connectivity index (χ3v) is 2.07. The average Bonchev–Trinajstić information content (AvgIpc) is 2.15. The molecule has 3 nitrogen and oxygen atoms in total. The molecule has 0 aliphatic rings. The van der Waals surface area contributed by atoms with Crippen molar-refractivity contribution in [3.63, 3.8) is 0 Å². The lowest BCUT2D eigenvalue weighted by Crippen LogP contribution is -2.40. The van der Waals surface area contributed by atoms with E-state index in [0.29, 0.717) is 12.6 Å². The zero-order valence-electron chi connectivity index (χ0n) is 9.25. The number of carbonyl (C=O) groups excluding carboxylic acids is 1. The Morgan fingerprint density at radius 3 is 2.40 bits per heavy atom. The van der Waals surface area contributed by atoms with Gasteiger partial charge in [-0.3, -0.25) is 4.79 Å². The van der Waals surface area contributed by atoms with Crippen LogP contribution >= 0.6 is 0 Å². The zero-order valence-corrected chi connectivity index (χ0v) is 9.25. The van der Waals surface area contributed by atoms with Crippen LogP contribution in [0.3, 0.4) is 0 Å². The molecule has 0 aliphatic heterocycles. The van der Waals surface area contributed by atoms with Crippen LogP contribution in [0.1, 0.15) is 40.5 Å². The van der Waals surface area contributed by atoms with Crippen molar-refractivity contribution < 1.29 is 4.79 Å². The first-order chi connectivity index (χ1) is 6.61. The Morgan fingerprint density at radius 1 is 1.40 bits per heavy atom. The first-order valence-corrected chi connectivity index (χ1v) is 5.30. The van der Waals surface area contributed by atoms with E-state index in [1.165, 1.54) is 0 Å². The van der Waals surface area contributed by atoms with Gasteiger partial charge in [-0.1, -0.05) is 27.7 Å². The van der Waals surface area contributed by atoms with Crippen molar-refractivity contribution in [2.75, 3.05) is 6.54 Å². The van der Waals surface area contributed by atoms with E-state index in [1.54, 1.807) is 0 Å². The Kier molecular flexibility index (Phi) is 11.6. The summed E-state index contributed by atoms with van der Waals surface area (Å²) < 4.78 is 0. The van der Waals surface area contributed by atoms with E-state index in [1.807, 2.05) is 13.8 Å². The topological polar surface area (TPSA) is 55.1 Å². The monoisotopic (exact) mass is 212 g/mol. The molecule has 0 aliphatic carbocycles. The van der Waals surface area contributed by atoms with Crippen molar-refractivity contribution in [2.24, 2.45) is 5.73 Å². The minimum Gasteiger partial charge on any atom is -0.330 e. The fourth-order valence-electron chi connectivity index (χ4n) is 1.37. The smallest absolute Gasteiger partial charge is 0.141 e. The van der Waals surface area contributed by atoms with Crippen molar-refractivity contribution >= 4 is 13.6 Å². The molecule has 1 atom stereocenters. The van der Waals surface area contributed by atoms with Crippen molar-refractivity contribution in [3.05, 3.63) is 0 Å². The van der Waals surface area contributed by atoms with E-state index in [4.69, 9.17) is 13.6 Å². The first kappa shape index (κ1) is 17.1. The Hall–Kier alpha value is -0.345. The van der Waals surface area contributed by atoms with Crippen LogP contribution in [0.2, 0.25) is 6.32 Å². The van der Waals surface area contributed by atoms with Crippen LogP contribution in [0, 0.1) is 0 Å². The molecule has 0 unspecified atom stereocenters. The third-order valence-electron chi connectivity index (χ3n) is 2.07. The molecule has 0 heterocycles. The predicted molar refractivity (Wildman–Crippen MR) is 67.3 cm³/mol. The number of nitrogens with two attached hydrogens (primary N) is 1. The van der Waals surface area contributed by atoms with Gasteiger partial charge in [-0.25, -0.2) is 0 Å². The van der Waals surface area contributed by atoms with Crippen LogP contribution in [-0.2, 0) is 4.79 Å². The highest BCUT2D eigenvalue weighted by Crippen LogP contribution is 2.04. The number of nitrogens with one attached hydrogen (secondary N) is 1. The molecule has 0 saturated carbocycles. The zero-order chi connectivity index (χ0) is 11.0. The number of ketones is 1. The summed E-state index contributed by atoms with van der Waals surface area (Å²) in [6, 6.07) is 0.222. The highest BCUT2D eigenvalue weighted by atomic mass is 16.1. The second kappa shape index (κ2) is 10.2. The highest BCUT2D eigenvalue weighted by Gasteiger charge is 2.15. The quantitative estimate of drug-likeness (QED) is 0.470. The third kappa shape index (κ3) is 8.64. The summed E-state index contributed by atoms with van der Waals surface area (Å²) in [5.41, 5.74) is 5.39. The summed E-state index contributed by atoms with van der Waals surface area (Å²) in [4.78, 5) is 11.4. The SMILES string of the molecule is C.[B]CC(=O)[C@H](CCCCN)NC(C)C. The van der Waals surface area contributed by atoms with Crippen LogP contribution < -0.4 is 11.1 Å². The van der Waals surface area contributed by atoms with Gasteiger partial charge in [0.05, 0.1) is 13.9 Å². The molecule has 0 aromatic rings. The minimum absolute atomic E-state index is 0. The molecule has 4 heteroatoms. The molecule has 0 aromatic heterocycles. The summed E-state index contributed by atoms with van der Waals surface area (Å²) >= 11 is 0. The summed E-state index contributed by atoms with van der Waals surface area (Å²) in [6.07, 6.45) is 2.90. The molecule has 0 aromatic carbocycles. The van der Waals surface area contributed by atoms with Crippen molar-refractivity contribution in [1.29, 1.82) is 0 Å². The van der Waals surface area contributed by atoms with Crippen LogP contribution in [0.25, 0.3) is 0 Å². The number of Topliss-reactive ketones (excluding diaryl/α,β-unsaturated/α-hetero) is 1. The second-order valence-electron chi connectivity index (χ2n) is 3.83. The Labute approximate surface area is 95.6 Å². The van der Waals surface area contributed by atoms with Gasteiger partial charge in [0.2, 0.25) is 0 Å². The standard InChI is InChI=1S/C10H21BN2O.CH4/c1-8(2)13-9(10(14)7-11)5-3-4-6-12;/h8-9,13H,3-7,12H2,1-2H3;1H4/t9-;/m0./s1. The van der Waals surface area contributed by atoms with Gasteiger partial charge >= 0.3 is 0 Å². The Morgan fingerprint density at radius 2 is 2.00 bits per heavy atom. The molecule has 0 bridgehead atoms. The van der Waals surface area contributed by atoms with E-state index in [2.05, 4.69) is 5.32 Å². The van der Waals surface area contributed by atoms with Crippen molar-refractivity contribution in [2.45, 2.75) is 58.9 Å². The van der Waals surface area contributed by atoms with Crippen LogP contribution in [0.5, 0.6) is 0 Å². The van der Waals surface area contributed by atoms with Crippen LogP contribution in [0.15, 0.2) is 0 Å². The normalized spacial score (nSPS) is 12.3. The van der Waals surface area contributed by atoms with Crippen molar-refractivity contribution in [3.8, 4) is 0 Å². The number of carbonyl (C=O) groups is 1. The minimum atomic E-state index is -0.0912. The molecule has 88 valence electrons. The molecule has 0 spiro atoms. The summed E-state index contributed by atoms with van der Waals surface area (Å²) in [6.45, 7) is 4.74. The van der Waals surface area contributed by atoms with Gasteiger partial charge in [0.25, 0.3) is 0 Å². The fraction of sp³-hybridized carbons (Fsp3) is 0.909. The molecular weight excluding hydrogens is 187 g/mol. The van der Waals surface area contributed by atoms with E-state index in [0.717, 1.165) is 19.3 Å². The van der Waals surface area contributed by atoms with Gasteiger partial charge in [-0.2, -0.15) is 0 Å². The first-order valence-electron chi connectivity index (χ1n) is 5.30. The molecule has 15 heavy (non-hydrogen) atoms. The molecule has 0 rings (SSSR count). The maximum absolute atomic E-state index is 11.4. The summed E-state index contributed by atoms with van der Waals surface area (Å²) in [7, 11) is 5.34. The van der Waals surface area contributed by atoms with Crippen molar-refractivity contribution in [1.82, 2.24) is 5.32 Å². The lowest BCUT2D eigenvalue weighted by molar-refractivity contribution is -0.119. The predicted octanol–water partition coefficient (Wildman–Crippen LogP) is 1.27. The van der Waals surface area contributed by atoms with Crippen LogP contribution in [0.4, 0.5) is 0 Å². The number of unbranched alkanes of at least 4 members (excludes halogenated alkanes) is 1. The molecule has 0 saturated heterocycles. The second-order valence-corrected chi connectivity index (χ2v) is 3.83. The van der Waals surface area contributed by atoms with Gasteiger partial charge in [0.1, 0.15) is 5.78 Å². The maximum atomic E-state index is 11.4. The van der Waals surface area contributed by atoms with Crippen LogP contribution in [-0.4, -0.2) is 32.3 Å². The van der Waals surface area contributed by atoms with Gasteiger partial charge in [-0.15, -0.1) is 0 Å². The Bertz CT molecular complexity index is 163. The van der Waals surface area contributed by atoms with E-state index >= 15 is 0 Å². The van der Waals surface area contributed by atoms with Gasteiger partial charge in [0.15, 0.2) is 0 Å². The number of rotatable bonds is 8. The molecule has 2 radical (unpaired) electrons. The largest absolute Gasteiger partial charge is 0.330 e. The van der Waals surface area contributed by atoms with E-state index < -0.39 is 0 Å². The molecular formula is C11H25BN2O.